The number of rotatable bonds is 7. The van der Waals surface area contributed by atoms with Gasteiger partial charge in [0.1, 0.15) is 11.9 Å². The summed E-state index contributed by atoms with van der Waals surface area (Å²) in [6.07, 6.45) is 2.69. The van der Waals surface area contributed by atoms with E-state index in [1.165, 1.54) is 0 Å². The summed E-state index contributed by atoms with van der Waals surface area (Å²) in [5.74, 6) is 0.246. The maximum absolute atomic E-state index is 13.2. The van der Waals surface area contributed by atoms with Gasteiger partial charge in [-0.1, -0.05) is 60.7 Å². The molecule has 0 spiro atoms. The Balaban J connectivity index is 1.63. The highest BCUT2D eigenvalue weighted by Crippen LogP contribution is 2.30. The predicted octanol–water partition coefficient (Wildman–Crippen LogP) is 4.39. The minimum Gasteiger partial charge on any atom is -0.495 e. The Morgan fingerprint density at radius 1 is 1.00 bits per heavy atom. The van der Waals surface area contributed by atoms with Gasteiger partial charge in [0.15, 0.2) is 0 Å². The molecule has 0 saturated carbocycles. The number of aryl methyl sites for hydroxylation is 1. The summed E-state index contributed by atoms with van der Waals surface area (Å²) in [7, 11) is 1.57. The van der Waals surface area contributed by atoms with Crippen LogP contribution in [0.5, 0.6) is 5.75 Å². The number of amides is 1. The molecule has 1 amide bonds. The van der Waals surface area contributed by atoms with Crippen molar-refractivity contribution in [3.8, 4) is 11.4 Å². The van der Waals surface area contributed by atoms with Crippen LogP contribution >= 0.6 is 0 Å². The van der Waals surface area contributed by atoms with Crippen molar-refractivity contribution in [2.24, 2.45) is 0 Å². The van der Waals surface area contributed by atoms with E-state index >= 15 is 0 Å². The molecule has 1 heterocycles. The van der Waals surface area contributed by atoms with Crippen molar-refractivity contribution in [3.63, 3.8) is 0 Å². The number of methoxy groups -OCH3 is 1. The first-order chi connectivity index (χ1) is 15.6. The van der Waals surface area contributed by atoms with E-state index in [9.17, 15) is 9.90 Å². The van der Waals surface area contributed by atoms with Crippen LogP contribution in [0.4, 0.5) is 0 Å². The van der Waals surface area contributed by atoms with Gasteiger partial charge in [-0.3, -0.25) is 4.79 Å². The van der Waals surface area contributed by atoms with Crippen LogP contribution < -0.4 is 10.1 Å². The van der Waals surface area contributed by atoms with Crippen molar-refractivity contribution in [1.82, 2.24) is 14.9 Å². The molecule has 6 nitrogen and oxygen atoms in total. The Morgan fingerprint density at radius 2 is 1.66 bits per heavy atom. The molecule has 0 saturated heterocycles. The van der Waals surface area contributed by atoms with E-state index in [2.05, 4.69) is 10.3 Å². The van der Waals surface area contributed by atoms with Gasteiger partial charge in [-0.25, -0.2) is 4.98 Å². The fraction of sp³-hybridized carbons (Fsp3) is 0.154. The largest absolute Gasteiger partial charge is 0.495 e. The summed E-state index contributed by atoms with van der Waals surface area (Å²) in [5, 5.41) is 14.1. The fourth-order valence-corrected chi connectivity index (χ4v) is 3.66. The third-order valence-corrected chi connectivity index (χ3v) is 5.33. The Labute approximate surface area is 187 Å². The molecule has 0 aliphatic heterocycles. The zero-order valence-corrected chi connectivity index (χ0v) is 18.0. The minimum atomic E-state index is -0.905. The van der Waals surface area contributed by atoms with Crippen molar-refractivity contribution in [3.05, 3.63) is 114 Å². The van der Waals surface area contributed by atoms with Gasteiger partial charge < -0.3 is 19.7 Å². The molecule has 0 fully saturated rings. The van der Waals surface area contributed by atoms with Crippen LogP contribution in [-0.2, 0) is 0 Å². The number of aliphatic hydroxyl groups is 1. The molecule has 2 N–H and O–H groups in total. The van der Waals surface area contributed by atoms with Gasteiger partial charge in [0.25, 0.3) is 5.91 Å². The van der Waals surface area contributed by atoms with Crippen LogP contribution in [0.25, 0.3) is 5.69 Å². The van der Waals surface area contributed by atoms with Crippen molar-refractivity contribution >= 4 is 5.91 Å². The summed E-state index contributed by atoms with van der Waals surface area (Å²) >= 11 is 0. The molecule has 4 aromatic rings. The number of aromatic nitrogens is 2. The van der Waals surface area contributed by atoms with Crippen LogP contribution in [0, 0.1) is 6.92 Å². The van der Waals surface area contributed by atoms with E-state index in [4.69, 9.17) is 4.74 Å². The van der Waals surface area contributed by atoms with Gasteiger partial charge in [0.05, 0.1) is 30.9 Å². The van der Waals surface area contributed by atoms with Crippen LogP contribution in [0.1, 0.15) is 39.3 Å². The van der Waals surface area contributed by atoms with E-state index in [-0.39, 0.29) is 5.91 Å². The lowest BCUT2D eigenvalue weighted by atomic mass is 9.95. The van der Waals surface area contributed by atoms with E-state index in [0.717, 1.165) is 22.5 Å². The first kappa shape index (κ1) is 21.3. The van der Waals surface area contributed by atoms with Gasteiger partial charge >= 0.3 is 0 Å². The van der Waals surface area contributed by atoms with Crippen LogP contribution in [-0.4, -0.2) is 27.7 Å². The maximum atomic E-state index is 13.2. The fourth-order valence-electron chi connectivity index (χ4n) is 3.66. The number of carbonyl (C=O) groups is 1. The minimum absolute atomic E-state index is 0.305. The van der Waals surface area contributed by atoms with Gasteiger partial charge in [0, 0.05) is 11.8 Å². The molecule has 0 bridgehead atoms. The Bertz CT molecular complexity index is 1190. The zero-order chi connectivity index (χ0) is 22.5. The topological polar surface area (TPSA) is 76.4 Å². The number of carbonyl (C=O) groups excluding carboxylic acids is 1. The predicted molar refractivity (Wildman–Crippen MR) is 123 cm³/mol. The molecule has 6 heteroatoms. The lowest BCUT2D eigenvalue weighted by molar-refractivity contribution is 0.0831. The quantitative estimate of drug-likeness (QED) is 0.459. The van der Waals surface area contributed by atoms with Gasteiger partial charge in [-0.15, -0.1) is 0 Å². The first-order valence-corrected chi connectivity index (χ1v) is 10.3. The molecular formula is C26H25N3O3. The number of nitrogens with zero attached hydrogens (tertiary/aromatic N) is 2. The van der Waals surface area contributed by atoms with Crippen molar-refractivity contribution < 1.29 is 14.6 Å². The van der Waals surface area contributed by atoms with Crippen LogP contribution in [0.3, 0.4) is 0 Å². The maximum Gasteiger partial charge on any atom is 0.252 e. The lowest BCUT2D eigenvalue weighted by Gasteiger charge is -2.25. The molecule has 0 aliphatic carbocycles. The molecule has 0 radical (unpaired) electrons. The summed E-state index contributed by atoms with van der Waals surface area (Å²) < 4.78 is 7.38. The number of benzene rings is 3. The summed E-state index contributed by atoms with van der Waals surface area (Å²) in [6, 6.07) is 23.4. The lowest BCUT2D eigenvalue weighted by Crippen LogP contribution is -2.32. The average molecular weight is 428 g/mol. The molecule has 4 rings (SSSR count). The van der Waals surface area contributed by atoms with Crippen molar-refractivity contribution in [2.75, 3.05) is 7.11 Å². The summed E-state index contributed by atoms with van der Waals surface area (Å²) in [6.45, 7) is 1.91. The Morgan fingerprint density at radius 3 is 2.25 bits per heavy atom. The molecule has 1 aromatic heterocycles. The number of imidazole rings is 1. The SMILES string of the molecule is COc1cc(C(=O)N[C@H](c2ccccc2)[C@@H](O)c2ccccc2)ccc1-n1cnc(C)c1. The van der Waals surface area contributed by atoms with E-state index in [0.29, 0.717) is 11.3 Å². The van der Waals surface area contributed by atoms with Crippen LogP contribution in [0.2, 0.25) is 0 Å². The molecule has 162 valence electrons. The number of ether oxygens (including phenoxy) is 1. The smallest absolute Gasteiger partial charge is 0.252 e. The standard InChI is InChI=1S/C26H25N3O3/c1-18-16-29(17-27-18)22-14-13-21(15-23(22)32-2)26(31)28-24(19-9-5-3-6-10-19)25(30)20-11-7-4-8-12-20/h3-17,24-25,30H,1-2H3,(H,28,31)/t24-,25+/m1/s1. The average Bonchev–Trinajstić information content (AvgIpc) is 3.28. The summed E-state index contributed by atoms with van der Waals surface area (Å²) in [4.78, 5) is 17.4. The molecular weight excluding hydrogens is 402 g/mol. The third-order valence-electron chi connectivity index (χ3n) is 5.33. The molecule has 0 aliphatic rings. The second-order valence-corrected chi connectivity index (χ2v) is 7.53. The van der Waals surface area contributed by atoms with Gasteiger partial charge in [-0.05, 0) is 36.2 Å². The van der Waals surface area contributed by atoms with Crippen molar-refractivity contribution in [1.29, 1.82) is 0 Å². The van der Waals surface area contributed by atoms with E-state index in [1.807, 2.05) is 84.4 Å². The van der Waals surface area contributed by atoms with Crippen LogP contribution in [0.15, 0.2) is 91.4 Å². The second-order valence-electron chi connectivity index (χ2n) is 7.53. The van der Waals surface area contributed by atoms with Gasteiger partial charge in [-0.2, -0.15) is 0 Å². The highest BCUT2D eigenvalue weighted by Gasteiger charge is 2.25. The normalized spacial score (nSPS) is 12.7. The molecule has 0 unspecified atom stereocenters. The Hall–Kier alpha value is -3.90. The number of aliphatic hydroxyl groups excluding tert-OH is 1. The number of hydrogen-bond donors (Lipinski definition) is 2. The Kier molecular flexibility index (Phi) is 6.33. The zero-order valence-electron chi connectivity index (χ0n) is 18.0. The number of nitrogens with one attached hydrogen (secondary N) is 1. The first-order valence-electron chi connectivity index (χ1n) is 10.3. The van der Waals surface area contributed by atoms with Gasteiger partial charge in [0.2, 0.25) is 0 Å². The highest BCUT2D eigenvalue weighted by molar-refractivity contribution is 5.95. The van der Waals surface area contributed by atoms with E-state index in [1.54, 1.807) is 25.6 Å². The monoisotopic (exact) mass is 427 g/mol. The molecule has 3 aromatic carbocycles. The van der Waals surface area contributed by atoms with E-state index < -0.39 is 12.1 Å². The molecule has 2 atom stereocenters. The summed E-state index contributed by atoms with van der Waals surface area (Å²) in [5.41, 5.74) is 3.64. The molecule has 32 heavy (non-hydrogen) atoms. The highest BCUT2D eigenvalue weighted by atomic mass is 16.5. The second kappa shape index (κ2) is 9.49. The number of hydrogen-bond acceptors (Lipinski definition) is 4. The third kappa shape index (κ3) is 4.55. The van der Waals surface area contributed by atoms with Crippen molar-refractivity contribution in [2.45, 2.75) is 19.1 Å².